The zero-order chi connectivity index (χ0) is 14.6. The molecule has 1 aromatic carbocycles. The molecule has 5 nitrogen and oxygen atoms in total. The number of rotatable bonds is 5. The molecule has 0 unspecified atom stereocenters. The molecule has 1 rings (SSSR count). The number of halogens is 1. The number of carbonyl (C=O) groups excluding carboxylic acids is 1. The lowest BCUT2D eigenvalue weighted by Crippen LogP contribution is -2.45. The normalized spacial score (nSPS) is 13.6. The van der Waals surface area contributed by atoms with Crippen LogP contribution in [0.2, 0.25) is 0 Å². The van der Waals surface area contributed by atoms with Crippen molar-refractivity contribution in [2.45, 2.75) is 26.3 Å². The Morgan fingerprint density at radius 3 is 2.58 bits per heavy atom. The lowest BCUT2D eigenvalue weighted by atomic mass is 9.99. The van der Waals surface area contributed by atoms with Crippen LogP contribution < -0.4 is 11.1 Å². The van der Waals surface area contributed by atoms with Gasteiger partial charge in [0, 0.05) is 15.7 Å². The molecule has 0 heterocycles. The zero-order valence-corrected chi connectivity index (χ0v) is 12.4. The second-order valence-electron chi connectivity index (χ2n) is 4.41. The van der Waals surface area contributed by atoms with Gasteiger partial charge in [-0.05, 0) is 40.0 Å². The van der Waals surface area contributed by atoms with Gasteiger partial charge in [-0.2, -0.15) is 0 Å². The maximum absolute atomic E-state index is 12.0. The first-order valence-corrected chi connectivity index (χ1v) is 6.74. The first-order chi connectivity index (χ1) is 8.86. The van der Waals surface area contributed by atoms with E-state index in [4.69, 9.17) is 10.8 Å². The molecular weight excluding hydrogens is 312 g/mol. The monoisotopic (exact) mass is 328 g/mol. The summed E-state index contributed by atoms with van der Waals surface area (Å²) in [6.45, 7) is 3.67. The van der Waals surface area contributed by atoms with Crippen molar-refractivity contribution in [2.75, 3.05) is 5.73 Å². The summed E-state index contributed by atoms with van der Waals surface area (Å²) in [6.07, 6.45) is 0.669. The number of hydrogen-bond donors (Lipinski definition) is 3. The Balaban J connectivity index is 2.87. The van der Waals surface area contributed by atoms with Gasteiger partial charge in [0.15, 0.2) is 0 Å². The summed E-state index contributed by atoms with van der Waals surface area (Å²) < 4.78 is 0.607. The van der Waals surface area contributed by atoms with E-state index < -0.39 is 17.9 Å². The van der Waals surface area contributed by atoms with Crippen molar-refractivity contribution in [2.24, 2.45) is 5.92 Å². The maximum Gasteiger partial charge on any atom is 0.326 e. The minimum Gasteiger partial charge on any atom is -0.480 e. The van der Waals surface area contributed by atoms with E-state index in [1.165, 1.54) is 0 Å². The van der Waals surface area contributed by atoms with Gasteiger partial charge in [0.2, 0.25) is 0 Å². The fourth-order valence-electron chi connectivity index (χ4n) is 1.58. The Morgan fingerprint density at radius 1 is 1.47 bits per heavy atom. The van der Waals surface area contributed by atoms with Crippen molar-refractivity contribution < 1.29 is 14.7 Å². The Labute approximate surface area is 120 Å². The van der Waals surface area contributed by atoms with Crippen molar-refractivity contribution in [3.63, 3.8) is 0 Å². The van der Waals surface area contributed by atoms with Gasteiger partial charge in [-0.15, -0.1) is 0 Å². The van der Waals surface area contributed by atoms with Gasteiger partial charge in [0.05, 0.1) is 0 Å². The Bertz CT molecular complexity index is 491. The Hall–Kier alpha value is -1.56. The molecule has 0 saturated heterocycles. The average molecular weight is 329 g/mol. The van der Waals surface area contributed by atoms with Crippen LogP contribution in [-0.2, 0) is 4.79 Å². The van der Waals surface area contributed by atoms with E-state index in [0.29, 0.717) is 22.1 Å². The number of nitrogen functional groups attached to an aromatic ring is 1. The van der Waals surface area contributed by atoms with Crippen LogP contribution in [0.1, 0.15) is 30.6 Å². The smallest absolute Gasteiger partial charge is 0.326 e. The Morgan fingerprint density at radius 2 is 2.11 bits per heavy atom. The molecule has 0 saturated carbocycles. The van der Waals surface area contributed by atoms with Gasteiger partial charge in [-0.25, -0.2) is 4.79 Å². The van der Waals surface area contributed by atoms with Crippen LogP contribution in [0.5, 0.6) is 0 Å². The van der Waals surface area contributed by atoms with Crippen LogP contribution in [0.15, 0.2) is 22.7 Å². The summed E-state index contributed by atoms with van der Waals surface area (Å²) in [5.74, 6) is -1.59. The molecule has 0 fully saturated rings. The molecule has 19 heavy (non-hydrogen) atoms. The fourth-order valence-corrected chi connectivity index (χ4v) is 1.95. The molecule has 104 valence electrons. The molecule has 0 aromatic heterocycles. The molecule has 1 aromatic rings. The Kier molecular flexibility index (Phi) is 5.35. The molecule has 0 radical (unpaired) electrons. The van der Waals surface area contributed by atoms with Gasteiger partial charge in [-0.3, -0.25) is 4.79 Å². The minimum absolute atomic E-state index is 0.140. The predicted octanol–water partition coefficient (Wildman–Crippen LogP) is 2.26. The summed E-state index contributed by atoms with van der Waals surface area (Å²) >= 11 is 3.23. The van der Waals surface area contributed by atoms with Gasteiger partial charge in [0.1, 0.15) is 6.04 Å². The lowest BCUT2D eigenvalue weighted by Gasteiger charge is -2.20. The van der Waals surface area contributed by atoms with E-state index in [1.807, 2.05) is 6.92 Å². The fraction of sp³-hybridized carbons (Fsp3) is 0.385. The van der Waals surface area contributed by atoms with Gasteiger partial charge < -0.3 is 16.2 Å². The third kappa shape index (κ3) is 3.96. The third-order valence-electron chi connectivity index (χ3n) is 3.03. The summed E-state index contributed by atoms with van der Waals surface area (Å²) in [7, 11) is 0. The summed E-state index contributed by atoms with van der Waals surface area (Å²) in [5.41, 5.74) is 6.53. The molecule has 0 bridgehead atoms. The van der Waals surface area contributed by atoms with E-state index in [0.717, 1.165) is 0 Å². The molecule has 0 aliphatic heterocycles. The first kappa shape index (κ1) is 15.5. The maximum atomic E-state index is 12.0. The number of carboxylic acids is 1. The van der Waals surface area contributed by atoms with Crippen LogP contribution in [0.3, 0.4) is 0 Å². The molecule has 2 atom stereocenters. The molecule has 0 aliphatic rings. The number of aliphatic carboxylic acids is 1. The lowest BCUT2D eigenvalue weighted by molar-refractivity contribution is -0.140. The van der Waals surface area contributed by atoms with Gasteiger partial charge >= 0.3 is 5.97 Å². The summed E-state index contributed by atoms with van der Waals surface area (Å²) in [5, 5.41) is 11.7. The van der Waals surface area contributed by atoms with Gasteiger partial charge in [0.25, 0.3) is 5.91 Å². The topological polar surface area (TPSA) is 92.4 Å². The van der Waals surface area contributed by atoms with E-state index >= 15 is 0 Å². The first-order valence-electron chi connectivity index (χ1n) is 5.95. The van der Waals surface area contributed by atoms with E-state index in [-0.39, 0.29) is 5.92 Å². The number of nitrogens with two attached hydrogens (primary N) is 1. The van der Waals surface area contributed by atoms with Gasteiger partial charge in [-0.1, -0.05) is 20.3 Å². The second kappa shape index (κ2) is 6.56. The van der Waals surface area contributed by atoms with Crippen LogP contribution in [0.25, 0.3) is 0 Å². The van der Waals surface area contributed by atoms with Crippen molar-refractivity contribution in [1.82, 2.24) is 5.32 Å². The number of hydrogen-bond acceptors (Lipinski definition) is 3. The van der Waals surface area contributed by atoms with Crippen LogP contribution in [0.4, 0.5) is 5.69 Å². The van der Waals surface area contributed by atoms with E-state index in [9.17, 15) is 9.59 Å². The van der Waals surface area contributed by atoms with Crippen LogP contribution >= 0.6 is 15.9 Å². The number of carboxylic acid groups (broad SMARTS) is 1. The number of amides is 1. The molecular formula is C13H17BrN2O3. The number of nitrogens with one attached hydrogen (secondary N) is 1. The highest BCUT2D eigenvalue weighted by atomic mass is 79.9. The average Bonchev–Trinajstić information content (AvgIpc) is 2.37. The number of carbonyl (C=O) groups is 2. The van der Waals surface area contributed by atoms with Crippen molar-refractivity contribution in [3.05, 3.63) is 28.2 Å². The van der Waals surface area contributed by atoms with Crippen molar-refractivity contribution in [1.29, 1.82) is 0 Å². The molecule has 6 heteroatoms. The molecule has 0 aliphatic carbocycles. The highest BCUT2D eigenvalue weighted by Crippen LogP contribution is 2.20. The van der Waals surface area contributed by atoms with Crippen LogP contribution in [-0.4, -0.2) is 23.0 Å². The number of anilines is 1. The SMILES string of the molecule is CC[C@H](C)[C@H](NC(=O)c1ccc(N)c(Br)c1)C(=O)O. The molecule has 0 spiro atoms. The third-order valence-corrected chi connectivity index (χ3v) is 3.72. The standard InChI is InChI=1S/C13H17BrN2O3/c1-3-7(2)11(13(18)19)16-12(17)8-4-5-10(15)9(14)6-8/h4-7,11H,3,15H2,1-2H3,(H,16,17)(H,18,19)/t7-,11-/m0/s1. The zero-order valence-electron chi connectivity index (χ0n) is 10.8. The minimum atomic E-state index is -1.03. The van der Waals surface area contributed by atoms with E-state index in [2.05, 4.69) is 21.2 Å². The quantitative estimate of drug-likeness (QED) is 0.723. The highest BCUT2D eigenvalue weighted by molar-refractivity contribution is 9.10. The predicted molar refractivity (Wildman–Crippen MR) is 76.9 cm³/mol. The highest BCUT2D eigenvalue weighted by Gasteiger charge is 2.25. The number of benzene rings is 1. The van der Waals surface area contributed by atoms with E-state index in [1.54, 1.807) is 25.1 Å². The second-order valence-corrected chi connectivity index (χ2v) is 5.27. The van der Waals surface area contributed by atoms with Crippen LogP contribution in [0, 0.1) is 5.92 Å². The summed E-state index contributed by atoms with van der Waals surface area (Å²) in [6, 6.07) is 3.83. The molecule has 1 amide bonds. The molecule has 4 N–H and O–H groups in total. The van der Waals surface area contributed by atoms with Crippen molar-refractivity contribution in [3.8, 4) is 0 Å². The summed E-state index contributed by atoms with van der Waals surface area (Å²) in [4.78, 5) is 23.2. The largest absolute Gasteiger partial charge is 0.480 e. The van der Waals surface area contributed by atoms with Crippen molar-refractivity contribution >= 4 is 33.5 Å².